The lowest BCUT2D eigenvalue weighted by Crippen LogP contribution is -2.32. The van der Waals surface area contributed by atoms with Crippen LogP contribution in [0.4, 0.5) is 13.2 Å². The standard InChI is InChI=1S/C15H15ClF3N3O/c1-3-21(4-2)14(23)12-9-20-22(13(12)15(17,18)19)11-7-5-10(16)6-8-11/h5-9H,3-4H2,1-2H3. The van der Waals surface area contributed by atoms with E-state index in [1.807, 2.05) is 0 Å². The lowest BCUT2D eigenvalue weighted by atomic mass is 10.2. The Morgan fingerprint density at radius 1 is 1.22 bits per heavy atom. The summed E-state index contributed by atoms with van der Waals surface area (Å²) in [5.74, 6) is -0.692. The first-order valence-electron chi connectivity index (χ1n) is 7.00. The maximum Gasteiger partial charge on any atom is 0.434 e. The Hall–Kier alpha value is -2.02. The zero-order valence-electron chi connectivity index (χ0n) is 12.6. The van der Waals surface area contributed by atoms with Gasteiger partial charge in [0, 0.05) is 18.1 Å². The lowest BCUT2D eigenvalue weighted by molar-refractivity contribution is -0.143. The molecule has 2 rings (SSSR count). The molecule has 0 aliphatic heterocycles. The SMILES string of the molecule is CCN(CC)C(=O)c1cnn(-c2ccc(Cl)cc2)c1C(F)(F)F. The highest BCUT2D eigenvalue weighted by Gasteiger charge is 2.41. The molecule has 0 fully saturated rings. The highest BCUT2D eigenvalue weighted by molar-refractivity contribution is 6.30. The molecule has 0 atom stereocenters. The molecule has 1 heterocycles. The van der Waals surface area contributed by atoms with E-state index in [4.69, 9.17) is 11.6 Å². The number of amides is 1. The summed E-state index contributed by atoms with van der Waals surface area (Å²) in [6.07, 6.45) is -3.76. The number of aromatic nitrogens is 2. The molecule has 0 aliphatic carbocycles. The number of alkyl halides is 3. The molecule has 0 saturated heterocycles. The third-order valence-corrected chi connectivity index (χ3v) is 3.64. The Bertz CT molecular complexity index is 691. The molecule has 0 saturated carbocycles. The first-order chi connectivity index (χ1) is 10.8. The van der Waals surface area contributed by atoms with E-state index < -0.39 is 23.3 Å². The van der Waals surface area contributed by atoms with Gasteiger partial charge in [0.2, 0.25) is 0 Å². The summed E-state index contributed by atoms with van der Waals surface area (Å²) in [6, 6.07) is 5.75. The normalized spacial score (nSPS) is 11.6. The molecule has 4 nitrogen and oxygen atoms in total. The lowest BCUT2D eigenvalue weighted by Gasteiger charge is -2.19. The molecule has 2 aromatic rings. The van der Waals surface area contributed by atoms with Crippen LogP contribution in [0.25, 0.3) is 5.69 Å². The number of hydrogen-bond donors (Lipinski definition) is 0. The van der Waals surface area contributed by atoms with Gasteiger partial charge in [0.15, 0.2) is 5.69 Å². The van der Waals surface area contributed by atoms with Gasteiger partial charge < -0.3 is 4.90 Å². The van der Waals surface area contributed by atoms with Crippen LogP contribution < -0.4 is 0 Å². The third kappa shape index (κ3) is 3.50. The molecule has 0 aliphatic rings. The molecule has 0 N–H and O–H groups in total. The number of carbonyl (C=O) groups excluding carboxylic acids is 1. The summed E-state index contributed by atoms with van der Waals surface area (Å²) in [7, 11) is 0. The summed E-state index contributed by atoms with van der Waals surface area (Å²) >= 11 is 5.75. The quantitative estimate of drug-likeness (QED) is 0.839. The fourth-order valence-corrected chi connectivity index (χ4v) is 2.36. The summed E-state index contributed by atoms with van der Waals surface area (Å²) < 4.78 is 41.2. The fourth-order valence-electron chi connectivity index (χ4n) is 2.24. The van der Waals surface area contributed by atoms with Crippen LogP contribution in [0.5, 0.6) is 0 Å². The van der Waals surface area contributed by atoms with Crippen LogP contribution in [0.15, 0.2) is 30.5 Å². The molecule has 23 heavy (non-hydrogen) atoms. The summed E-state index contributed by atoms with van der Waals surface area (Å²) in [6.45, 7) is 4.05. The van der Waals surface area contributed by atoms with E-state index in [0.29, 0.717) is 22.8 Å². The third-order valence-electron chi connectivity index (χ3n) is 3.39. The van der Waals surface area contributed by atoms with Gasteiger partial charge in [-0.15, -0.1) is 0 Å². The molecule has 0 radical (unpaired) electrons. The van der Waals surface area contributed by atoms with E-state index in [1.165, 1.54) is 29.2 Å². The largest absolute Gasteiger partial charge is 0.434 e. The van der Waals surface area contributed by atoms with Gasteiger partial charge in [0.1, 0.15) is 0 Å². The van der Waals surface area contributed by atoms with Gasteiger partial charge in [0.25, 0.3) is 5.91 Å². The van der Waals surface area contributed by atoms with Gasteiger partial charge in [0.05, 0.1) is 17.4 Å². The van der Waals surface area contributed by atoms with Crippen molar-refractivity contribution >= 4 is 17.5 Å². The highest BCUT2D eigenvalue weighted by atomic mass is 35.5. The number of hydrogen-bond acceptors (Lipinski definition) is 2. The average Bonchev–Trinajstić information content (AvgIpc) is 2.94. The molecule has 0 spiro atoms. The van der Waals surface area contributed by atoms with E-state index in [0.717, 1.165) is 6.20 Å². The minimum atomic E-state index is -4.71. The predicted octanol–water partition coefficient (Wildman–Crippen LogP) is 4.03. The first-order valence-corrected chi connectivity index (χ1v) is 7.37. The van der Waals surface area contributed by atoms with E-state index in [-0.39, 0.29) is 5.69 Å². The second-order valence-electron chi connectivity index (χ2n) is 4.77. The molecule has 1 aromatic heterocycles. The Labute approximate surface area is 136 Å². The second-order valence-corrected chi connectivity index (χ2v) is 5.21. The van der Waals surface area contributed by atoms with Crippen molar-refractivity contribution in [3.8, 4) is 5.69 Å². The van der Waals surface area contributed by atoms with Crippen molar-refractivity contribution in [3.63, 3.8) is 0 Å². The smallest absolute Gasteiger partial charge is 0.339 e. The molecule has 1 aromatic carbocycles. The van der Waals surface area contributed by atoms with Crippen LogP contribution in [-0.4, -0.2) is 33.7 Å². The van der Waals surface area contributed by atoms with E-state index >= 15 is 0 Å². The van der Waals surface area contributed by atoms with Crippen molar-refractivity contribution in [2.24, 2.45) is 0 Å². The number of nitrogens with zero attached hydrogens (tertiary/aromatic N) is 3. The number of carbonyl (C=O) groups is 1. The predicted molar refractivity (Wildman–Crippen MR) is 80.8 cm³/mol. The van der Waals surface area contributed by atoms with Crippen molar-refractivity contribution in [1.82, 2.24) is 14.7 Å². The Morgan fingerprint density at radius 2 is 1.78 bits per heavy atom. The fraction of sp³-hybridized carbons (Fsp3) is 0.333. The zero-order valence-corrected chi connectivity index (χ0v) is 13.3. The highest BCUT2D eigenvalue weighted by Crippen LogP contribution is 2.34. The molecule has 0 bridgehead atoms. The number of halogens is 4. The molecule has 124 valence electrons. The van der Waals surface area contributed by atoms with Gasteiger partial charge >= 0.3 is 6.18 Å². The minimum Gasteiger partial charge on any atom is -0.339 e. The number of benzene rings is 1. The van der Waals surface area contributed by atoms with Crippen molar-refractivity contribution in [3.05, 3.63) is 46.7 Å². The average molecular weight is 346 g/mol. The van der Waals surface area contributed by atoms with Crippen LogP contribution in [0, 0.1) is 0 Å². The van der Waals surface area contributed by atoms with E-state index in [1.54, 1.807) is 13.8 Å². The van der Waals surface area contributed by atoms with Gasteiger partial charge in [-0.3, -0.25) is 4.79 Å². The Morgan fingerprint density at radius 3 is 2.26 bits per heavy atom. The summed E-state index contributed by atoms with van der Waals surface area (Å²) in [5.41, 5.74) is -1.37. The molecule has 0 unspecified atom stereocenters. The van der Waals surface area contributed by atoms with E-state index in [9.17, 15) is 18.0 Å². The zero-order chi connectivity index (χ0) is 17.2. The van der Waals surface area contributed by atoms with Gasteiger partial charge in [-0.2, -0.15) is 18.3 Å². The first kappa shape index (κ1) is 17.3. The van der Waals surface area contributed by atoms with Crippen LogP contribution >= 0.6 is 11.6 Å². The monoisotopic (exact) mass is 345 g/mol. The minimum absolute atomic E-state index is 0.181. The topological polar surface area (TPSA) is 38.1 Å². The van der Waals surface area contributed by atoms with Crippen LogP contribution in [-0.2, 0) is 6.18 Å². The molecule has 8 heteroatoms. The summed E-state index contributed by atoms with van der Waals surface area (Å²) in [4.78, 5) is 13.6. The molecule has 1 amide bonds. The van der Waals surface area contributed by atoms with Crippen LogP contribution in [0.3, 0.4) is 0 Å². The Kier molecular flexibility index (Phi) is 4.99. The van der Waals surface area contributed by atoms with Crippen molar-refractivity contribution in [2.45, 2.75) is 20.0 Å². The van der Waals surface area contributed by atoms with Crippen LogP contribution in [0.2, 0.25) is 5.02 Å². The van der Waals surface area contributed by atoms with Gasteiger partial charge in [-0.25, -0.2) is 4.68 Å². The van der Waals surface area contributed by atoms with E-state index in [2.05, 4.69) is 5.10 Å². The Balaban J connectivity index is 2.58. The molecular weight excluding hydrogens is 331 g/mol. The number of rotatable bonds is 4. The second kappa shape index (κ2) is 6.62. The maximum absolute atomic E-state index is 13.5. The van der Waals surface area contributed by atoms with Crippen molar-refractivity contribution in [2.75, 3.05) is 13.1 Å². The van der Waals surface area contributed by atoms with Crippen molar-refractivity contribution in [1.29, 1.82) is 0 Å². The van der Waals surface area contributed by atoms with Crippen LogP contribution in [0.1, 0.15) is 29.9 Å². The summed E-state index contributed by atoms with van der Waals surface area (Å²) in [5, 5.41) is 4.16. The maximum atomic E-state index is 13.5. The molecular formula is C15H15ClF3N3O. The van der Waals surface area contributed by atoms with Gasteiger partial charge in [-0.05, 0) is 38.1 Å². The van der Waals surface area contributed by atoms with Gasteiger partial charge in [-0.1, -0.05) is 11.6 Å². The van der Waals surface area contributed by atoms with Crippen molar-refractivity contribution < 1.29 is 18.0 Å².